The van der Waals surface area contributed by atoms with Crippen molar-refractivity contribution in [2.45, 2.75) is 54.8 Å². The van der Waals surface area contributed by atoms with E-state index >= 15 is 0 Å². The van der Waals surface area contributed by atoms with Gasteiger partial charge in [-0.1, -0.05) is 30.4 Å². The van der Waals surface area contributed by atoms with Gasteiger partial charge in [-0.2, -0.15) is 0 Å². The Bertz CT molecular complexity index is 747. The SMILES string of the molecule is C=CCOC[C@H]1O[C@@](COCC=C)(O[C@H]2O[C@H](CO)[C@@H](O)[C@H](O)[C@H]2OCC=C)[C@@H](OCC=C)[C@@H]1OCC=C. The smallest absolute Gasteiger partial charge is 0.224 e. The van der Waals surface area contributed by atoms with Crippen LogP contribution in [-0.2, 0) is 37.9 Å². The van der Waals surface area contributed by atoms with E-state index in [0.717, 1.165) is 0 Å². The highest BCUT2D eigenvalue weighted by atomic mass is 16.8. The summed E-state index contributed by atoms with van der Waals surface area (Å²) >= 11 is 0. The first-order valence-electron chi connectivity index (χ1n) is 12.5. The normalized spacial score (nSPS) is 35.0. The average molecular weight is 543 g/mol. The maximum Gasteiger partial charge on any atom is 0.224 e. The minimum absolute atomic E-state index is 0.0295. The standard InChI is InChI=1S/C27H42O11/c1-6-11-31-17-20-23(33-13-8-3)25(35-15-10-5)27(37-20,18-32-12-7-2)38-26-24(34-14-9-4)22(30)21(29)19(16-28)36-26/h6-10,19-26,28-30H,1-5,11-18H2/t19-,20-,21-,22+,23-,24-,25+,26-,27+/m1/s1. The number of aliphatic hydroxyl groups is 3. The van der Waals surface area contributed by atoms with E-state index in [1.807, 2.05) is 0 Å². The van der Waals surface area contributed by atoms with Crippen LogP contribution in [0.1, 0.15) is 0 Å². The lowest BCUT2D eigenvalue weighted by atomic mass is 9.98. The van der Waals surface area contributed by atoms with Crippen LogP contribution < -0.4 is 0 Å². The topological polar surface area (TPSA) is 135 Å². The first-order valence-corrected chi connectivity index (χ1v) is 12.5. The summed E-state index contributed by atoms with van der Waals surface area (Å²) in [4.78, 5) is 0. The fraction of sp³-hybridized carbons (Fsp3) is 0.630. The summed E-state index contributed by atoms with van der Waals surface area (Å²) < 4.78 is 48.0. The van der Waals surface area contributed by atoms with Gasteiger partial charge in [-0.15, -0.1) is 32.9 Å². The van der Waals surface area contributed by atoms with Gasteiger partial charge in [0.1, 0.15) is 49.3 Å². The zero-order chi connectivity index (χ0) is 28.0. The largest absolute Gasteiger partial charge is 0.394 e. The molecule has 2 rings (SSSR count). The van der Waals surface area contributed by atoms with Crippen LogP contribution in [0.2, 0.25) is 0 Å². The highest BCUT2D eigenvalue weighted by Crippen LogP contribution is 2.40. The van der Waals surface area contributed by atoms with E-state index in [4.69, 9.17) is 37.9 Å². The van der Waals surface area contributed by atoms with Crippen LogP contribution in [0.4, 0.5) is 0 Å². The molecule has 0 aromatic carbocycles. The summed E-state index contributed by atoms with van der Waals surface area (Å²) in [6.45, 7) is 18.6. The van der Waals surface area contributed by atoms with E-state index < -0.39 is 61.4 Å². The van der Waals surface area contributed by atoms with E-state index in [-0.39, 0.29) is 46.2 Å². The lowest BCUT2D eigenvalue weighted by Gasteiger charge is -2.45. The molecular weight excluding hydrogens is 500 g/mol. The zero-order valence-corrected chi connectivity index (χ0v) is 21.8. The molecule has 0 aliphatic carbocycles. The molecule has 0 amide bonds. The Kier molecular flexibility index (Phi) is 14.6. The molecule has 2 heterocycles. The Morgan fingerprint density at radius 3 is 1.89 bits per heavy atom. The van der Waals surface area contributed by atoms with Gasteiger partial charge in [0, 0.05) is 0 Å². The van der Waals surface area contributed by atoms with E-state index in [1.54, 1.807) is 24.3 Å². The Balaban J connectivity index is 2.50. The third-order valence-corrected chi connectivity index (χ3v) is 5.85. The molecule has 9 atom stereocenters. The van der Waals surface area contributed by atoms with Crippen LogP contribution in [-0.4, -0.2) is 123 Å². The molecule has 0 aromatic rings. The van der Waals surface area contributed by atoms with Crippen LogP contribution in [0.15, 0.2) is 63.3 Å². The van der Waals surface area contributed by atoms with Gasteiger partial charge in [0.05, 0.1) is 46.2 Å². The Morgan fingerprint density at radius 2 is 1.29 bits per heavy atom. The molecule has 0 aromatic heterocycles. The molecule has 0 unspecified atom stereocenters. The van der Waals surface area contributed by atoms with Gasteiger partial charge in [-0.25, -0.2) is 0 Å². The molecule has 0 radical (unpaired) electrons. The van der Waals surface area contributed by atoms with Gasteiger partial charge < -0.3 is 53.2 Å². The van der Waals surface area contributed by atoms with E-state index in [2.05, 4.69) is 32.9 Å². The summed E-state index contributed by atoms with van der Waals surface area (Å²) in [7, 11) is 0. The van der Waals surface area contributed by atoms with Crippen LogP contribution in [0.3, 0.4) is 0 Å². The number of rotatable bonds is 20. The molecule has 2 aliphatic heterocycles. The summed E-state index contributed by atoms with van der Waals surface area (Å²) in [5.41, 5.74) is 0. The summed E-state index contributed by atoms with van der Waals surface area (Å²) in [6, 6.07) is 0. The van der Waals surface area contributed by atoms with E-state index in [9.17, 15) is 15.3 Å². The molecule has 2 fully saturated rings. The van der Waals surface area contributed by atoms with Crippen molar-refractivity contribution in [2.24, 2.45) is 0 Å². The third-order valence-electron chi connectivity index (χ3n) is 5.85. The summed E-state index contributed by atoms with van der Waals surface area (Å²) in [5, 5.41) is 31.0. The van der Waals surface area contributed by atoms with Gasteiger partial charge in [0.15, 0.2) is 6.29 Å². The molecule has 2 saturated heterocycles. The van der Waals surface area contributed by atoms with Gasteiger partial charge in [0.2, 0.25) is 5.79 Å². The fourth-order valence-electron chi connectivity index (χ4n) is 4.23. The van der Waals surface area contributed by atoms with Gasteiger partial charge in [0.25, 0.3) is 0 Å². The predicted octanol–water partition coefficient (Wildman–Crippen LogP) is 0.656. The Morgan fingerprint density at radius 1 is 0.711 bits per heavy atom. The molecule has 11 nitrogen and oxygen atoms in total. The average Bonchev–Trinajstić information content (AvgIpc) is 3.19. The highest BCUT2D eigenvalue weighted by molar-refractivity contribution is 5.02. The van der Waals surface area contributed by atoms with Crippen LogP contribution in [0.25, 0.3) is 0 Å². The van der Waals surface area contributed by atoms with Crippen LogP contribution >= 0.6 is 0 Å². The maximum atomic E-state index is 10.8. The Hall–Kier alpha value is -1.74. The molecule has 3 N–H and O–H groups in total. The van der Waals surface area contributed by atoms with Crippen LogP contribution in [0, 0.1) is 0 Å². The minimum Gasteiger partial charge on any atom is -0.394 e. The van der Waals surface area contributed by atoms with Crippen molar-refractivity contribution >= 4 is 0 Å². The maximum absolute atomic E-state index is 10.8. The lowest BCUT2D eigenvalue weighted by molar-refractivity contribution is -0.390. The zero-order valence-electron chi connectivity index (χ0n) is 21.8. The van der Waals surface area contributed by atoms with Gasteiger partial charge >= 0.3 is 0 Å². The van der Waals surface area contributed by atoms with Crippen molar-refractivity contribution in [1.82, 2.24) is 0 Å². The first kappa shape index (κ1) is 32.5. The summed E-state index contributed by atoms with van der Waals surface area (Å²) in [6.07, 6.45) is -1.01. The Labute approximate surface area is 224 Å². The molecule has 11 heteroatoms. The van der Waals surface area contributed by atoms with Crippen molar-refractivity contribution in [1.29, 1.82) is 0 Å². The van der Waals surface area contributed by atoms with Gasteiger partial charge in [-0.3, -0.25) is 0 Å². The fourth-order valence-corrected chi connectivity index (χ4v) is 4.23. The van der Waals surface area contributed by atoms with Crippen molar-refractivity contribution in [2.75, 3.05) is 52.9 Å². The minimum atomic E-state index is -1.66. The lowest BCUT2D eigenvalue weighted by Crippen LogP contribution is -2.63. The predicted molar refractivity (Wildman–Crippen MR) is 138 cm³/mol. The number of hydrogen-bond acceptors (Lipinski definition) is 11. The molecule has 2 aliphatic rings. The monoisotopic (exact) mass is 542 g/mol. The second-order valence-electron chi connectivity index (χ2n) is 8.64. The quantitative estimate of drug-likeness (QED) is 0.148. The molecule has 0 bridgehead atoms. The van der Waals surface area contributed by atoms with Crippen molar-refractivity contribution in [3.63, 3.8) is 0 Å². The van der Waals surface area contributed by atoms with Gasteiger partial charge in [-0.05, 0) is 0 Å². The molecule has 0 spiro atoms. The highest BCUT2D eigenvalue weighted by Gasteiger charge is 2.61. The second-order valence-corrected chi connectivity index (χ2v) is 8.64. The molecule has 216 valence electrons. The van der Waals surface area contributed by atoms with Crippen molar-refractivity contribution < 1.29 is 53.2 Å². The number of aliphatic hydroxyl groups excluding tert-OH is 3. The summed E-state index contributed by atoms with van der Waals surface area (Å²) in [5.74, 6) is -1.66. The van der Waals surface area contributed by atoms with E-state index in [1.165, 1.54) is 6.08 Å². The molecular formula is C27H42O11. The van der Waals surface area contributed by atoms with E-state index in [0.29, 0.717) is 0 Å². The van der Waals surface area contributed by atoms with Crippen LogP contribution in [0.5, 0.6) is 0 Å². The molecule has 38 heavy (non-hydrogen) atoms. The van der Waals surface area contributed by atoms with Crippen molar-refractivity contribution in [3.8, 4) is 0 Å². The first-order chi connectivity index (χ1) is 18.4. The van der Waals surface area contributed by atoms with Crippen molar-refractivity contribution in [3.05, 3.63) is 63.3 Å². The third kappa shape index (κ3) is 8.38. The number of ether oxygens (including phenoxy) is 8. The number of hydrogen-bond donors (Lipinski definition) is 3. The molecule has 0 saturated carbocycles. The second kappa shape index (κ2) is 17.1.